The maximum absolute atomic E-state index is 13.7. The number of fused-ring (bicyclic) bond motifs is 1. The average Bonchev–Trinajstić information content (AvgIpc) is 3.22. The van der Waals surface area contributed by atoms with E-state index in [0.717, 1.165) is 35.9 Å². The van der Waals surface area contributed by atoms with Crippen molar-refractivity contribution in [3.63, 3.8) is 0 Å². The van der Waals surface area contributed by atoms with Crippen LogP contribution in [0.4, 0.5) is 0 Å². The van der Waals surface area contributed by atoms with E-state index in [-0.39, 0.29) is 24.3 Å². The highest BCUT2D eigenvalue weighted by Crippen LogP contribution is 2.29. The number of methoxy groups -OCH3 is 1. The van der Waals surface area contributed by atoms with Crippen molar-refractivity contribution in [3.8, 4) is 11.3 Å². The highest BCUT2D eigenvalue weighted by molar-refractivity contribution is 6.06. The van der Waals surface area contributed by atoms with Crippen LogP contribution in [0.1, 0.15) is 43.0 Å². The number of esters is 1. The number of nitrogens with zero attached hydrogens (tertiary/aromatic N) is 4. The molecule has 3 heterocycles. The Morgan fingerprint density at radius 3 is 2.73 bits per heavy atom. The SMILES string of the molecule is CCn1ncc2c(C(=O)N3CCCCC3CC(=O)OC)cc(-c3ccccc3)nc21. The van der Waals surface area contributed by atoms with Gasteiger partial charge in [-0.15, -0.1) is 0 Å². The van der Waals surface area contributed by atoms with Gasteiger partial charge < -0.3 is 9.64 Å². The minimum absolute atomic E-state index is 0.0798. The lowest BCUT2D eigenvalue weighted by Crippen LogP contribution is -2.45. The molecule has 1 atom stereocenters. The molecular weight excluding hydrogens is 380 g/mol. The fourth-order valence-electron chi connectivity index (χ4n) is 4.12. The molecule has 0 spiro atoms. The molecule has 1 fully saturated rings. The highest BCUT2D eigenvalue weighted by atomic mass is 16.5. The number of piperidine rings is 1. The number of hydrogen-bond acceptors (Lipinski definition) is 5. The molecule has 1 aliphatic rings. The second-order valence-corrected chi connectivity index (χ2v) is 7.55. The Morgan fingerprint density at radius 1 is 1.20 bits per heavy atom. The smallest absolute Gasteiger partial charge is 0.307 e. The zero-order chi connectivity index (χ0) is 21.1. The molecule has 1 unspecified atom stereocenters. The van der Waals surface area contributed by atoms with E-state index in [1.54, 1.807) is 10.9 Å². The lowest BCUT2D eigenvalue weighted by Gasteiger charge is -2.35. The number of benzene rings is 1. The number of ether oxygens (including phenoxy) is 1. The molecule has 7 heteroatoms. The first-order valence-electron chi connectivity index (χ1n) is 10.4. The number of carbonyl (C=O) groups excluding carboxylic acids is 2. The van der Waals surface area contributed by atoms with E-state index < -0.39 is 0 Å². The van der Waals surface area contributed by atoms with Gasteiger partial charge in [0.05, 0.1) is 36.4 Å². The Hall–Kier alpha value is -3.22. The van der Waals surface area contributed by atoms with Crippen molar-refractivity contribution in [1.82, 2.24) is 19.7 Å². The first-order chi connectivity index (χ1) is 14.6. The number of carbonyl (C=O) groups is 2. The summed E-state index contributed by atoms with van der Waals surface area (Å²) in [5, 5.41) is 5.17. The van der Waals surface area contributed by atoms with Crippen molar-refractivity contribution in [2.45, 2.75) is 45.2 Å². The lowest BCUT2D eigenvalue weighted by atomic mass is 9.97. The van der Waals surface area contributed by atoms with Gasteiger partial charge in [0.2, 0.25) is 0 Å². The first-order valence-corrected chi connectivity index (χ1v) is 10.4. The average molecular weight is 406 g/mol. The van der Waals surface area contributed by atoms with Gasteiger partial charge in [0.1, 0.15) is 0 Å². The number of amides is 1. The van der Waals surface area contributed by atoms with E-state index in [1.807, 2.05) is 48.2 Å². The quantitative estimate of drug-likeness (QED) is 0.604. The monoisotopic (exact) mass is 406 g/mol. The molecule has 156 valence electrons. The van der Waals surface area contributed by atoms with Crippen LogP contribution in [0.15, 0.2) is 42.6 Å². The number of pyridine rings is 1. The van der Waals surface area contributed by atoms with Crippen LogP contribution in [0, 0.1) is 0 Å². The zero-order valence-electron chi connectivity index (χ0n) is 17.4. The van der Waals surface area contributed by atoms with Crippen molar-refractivity contribution in [2.75, 3.05) is 13.7 Å². The molecule has 3 aromatic rings. The van der Waals surface area contributed by atoms with Gasteiger partial charge in [-0.3, -0.25) is 9.59 Å². The number of rotatable bonds is 5. The fraction of sp³-hybridized carbons (Fsp3) is 0.391. The summed E-state index contributed by atoms with van der Waals surface area (Å²) in [5.41, 5.74) is 2.96. The molecule has 2 aromatic heterocycles. The van der Waals surface area contributed by atoms with Crippen LogP contribution in [-0.2, 0) is 16.1 Å². The van der Waals surface area contributed by atoms with E-state index in [1.165, 1.54) is 7.11 Å². The molecule has 7 nitrogen and oxygen atoms in total. The van der Waals surface area contributed by atoms with E-state index in [2.05, 4.69) is 5.10 Å². The fourth-order valence-corrected chi connectivity index (χ4v) is 4.12. The van der Waals surface area contributed by atoms with Gasteiger partial charge in [0.15, 0.2) is 5.65 Å². The Kier molecular flexibility index (Phi) is 5.79. The number of likely N-dealkylation sites (tertiary alicyclic amines) is 1. The molecule has 0 N–H and O–H groups in total. The normalized spacial score (nSPS) is 16.6. The molecule has 0 saturated carbocycles. The molecule has 4 rings (SSSR count). The molecule has 0 bridgehead atoms. The molecule has 1 amide bonds. The van der Waals surface area contributed by atoms with E-state index >= 15 is 0 Å². The third kappa shape index (κ3) is 3.79. The Bertz CT molecular complexity index is 1060. The third-order valence-corrected chi connectivity index (χ3v) is 5.73. The summed E-state index contributed by atoms with van der Waals surface area (Å²) in [6.07, 6.45) is 4.66. The summed E-state index contributed by atoms with van der Waals surface area (Å²) >= 11 is 0. The van der Waals surface area contributed by atoms with Gasteiger partial charge in [0.25, 0.3) is 5.91 Å². The third-order valence-electron chi connectivity index (χ3n) is 5.73. The minimum Gasteiger partial charge on any atom is -0.469 e. The van der Waals surface area contributed by atoms with E-state index in [0.29, 0.717) is 24.3 Å². The summed E-state index contributed by atoms with van der Waals surface area (Å²) in [5.74, 6) is -0.368. The molecule has 0 aliphatic carbocycles. The van der Waals surface area contributed by atoms with Crippen LogP contribution in [0.5, 0.6) is 0 Å². The van der Waals surface area contributed by atoms with Crippen LogP contribution < -0.4 is 0 Å². The van der Waals surface area contributed by atoms with Gasteiger partial charge in [-0.05, 0) is 32.3 Å². The Balaban J connectivity index is 1.79. The van der Waals surface area contributed by atoms with Crippen LogP contribution in [0.3, 0.4) is 0 Å². The Morgan fingerprint density at radius 2 is 2.00 bits per heavy atom. The summed E-state index contributed by atoms with van der Waals surface area (Å²) in [4.78, 5) is 32.2. The zero-order valence-corrected chi connectivity index (χ0v) is 17.4. The second-order valence-electron chi connectivity index (χ2n) is 7.55. The predicted molar refractivity (Wildman–Crippen MR) is 114 cm³/mol. The summed E-state index contributed by atoms with van der Waals surface area (Å²) in [6, 6.07) is 11.5. The van der Waals surface area contributed by atoms with Gasteiger partial charge in [-0.25, -0.2) is 9.67 Å². The lowest BCUT2D eigenvalue weighted by molar-refractivity contribution is -0.142. The predicted octanol–water partition coefficient (Wildman–Crippen LogP) is 3.68. The summed E-state index contributed by atoms with van der Waals surface area (Å²) in [7, 11) is 1.38. The van der Waals surface area contributed by atoms with Gasteiger partial charge in [-0.2, -0.15) is 5.10 Å². The van der Waals surface area contributed by atoms with Crippen molar-refractivity contribution < 1.29 is 14.3 Å². The largest absolute Gasteiger partial charge is 0.469 e. The molecule has 0 radical (unpaired) electrons. The summed E-state index contributed by atoms with van der Waals surface area (Å²) in [6.45, 7) is 3.30. The second kappa shape index (κ2) is 8.65. The van der Waals surface area contributed by atoms with Gasteiger partial charge in [-0.1, -0.05) is 30.3 Å². The van der Waals surface area contributed by atoms with E-state index in [9.17, 15) is 9.59 Å². The number of hydrogen-bond donors (Lipinski definition) is 0. The van der Waals surface area contributed by atoms with Gasteiger partial charge >= 0.3 is 5.97 Å². The molecular formula is C23H26N4O3. The Labute approximate surface area is 175 Å². The van der Waals surface area contributed by atoms with Crippen molar-refractivity contribution in [1.29, 1.82) is 0 Å². The maximum Gasteiger partial charge on any atom is 0.307 e. The van der Waals surface area contributed by atoms with Crippen molar-refractivity contribution in [2.24, 2.45) is 0 Å². The van der Waals surface area contributed by atoms with Crippen molar-refractivity contribution >= 4 is 22.9 Å². The standard InChI is InChI=1S/C23H26N4O3/c1-3-27-22-19(15-24-27)18(14-20(25-22)16-9-5-4-6-10-16)23(29)26-12-8-7-11-17(26)13-21(28)30-2/h4-6,9-10,14-15,17H,3,7-8,11-13H2,1-2H3. The van der Waals surface area contributed by atoms with Gasteiger partial charge in [0, 0.05) is 24.7 Å². The van der Waals surface area contributed by atoms with Crippen molar-refractivity contribution in [3.05, 3.63) is 48.2 Å². The van der Waals surface area contributed by atoms with Crippen LogP contribution in [-0.4, -0.2) is 51.2 Å². The van der Waals surface area contributed by atoms with E-state index in [4.69, 9.17) is 9.72 Å². The highest BCUT2D eigenvalue weighted by Gasteiger charge is 2.31. The number of aromatic nitrogens is 3. The molecule has 30 heavy (non-hydrogen) atoms. The summed E-state index contributed by atoms with van der Waals surface area (Å²) < 4.78 is 6.66. The van der Waals surface area contributed by atoms with Crippen LogP contribution >= 0.6 is 0 Å². The molecule has 1 aromatic carbocycles. The first kappa shape index (κ1) is 20.1. The van der Waals surface area contributed by atoms with Crippen LogP contribution in [0.2, 0.25) is 0 Å². The van der Waals surface area contributed by atoms with Crippen LogP contribution in [0.25, 0.3) is 22.3 Å². The molecule has 1 aliphatic heterocycles. The minimum atomic E-state index is -0.289. The molecule has 1 saturated heterocycles. The topological polar surface area (TPSA) is 77.3 Å². The number of aryl methyl sites for hydroxylation is 1. The maximum atomic E-state index is 13.7.